The first kappa shape index (κ1) is 22.0. The van der Waals surface area contributed by atoms with E-state index >= 15 is 0 Å². The number of hydrogen-bond acceptors (Lipinski definition) is 6. The van der Waals surface area contributed by atoms with Gasteiger partial charge in [0.25, 0.3) is 0 Å². The number of carboxylic acid groups (broad SMARTS) is 1. The Balaban J connectivity index is 1.25. The van der Waals surface area contributed by atoms with Gasteiger partial charge in [-0.2, -0.15) is 0 Å². The zero-order valence-corrected chi connectivity index (χ0v) is 18.7. The van der Waals surface area contributed by atoms with Gasteiger partial charge in [0.15, 0.2) is 5.58 Å². The minimum Gasteiger partial charge on any atom is -0.481 e. The summed E-state index contributed by atoms with van der Waals surface area (Å²) >= 11 is 0. The number of rotatable bonds is 8. The molecule has 1 aromatic carbocycles. The fourth-order valence-electron chi connectivity index (χ4n) is 4.80. The first-order valence-corrected chi connectivity index (χ1v) is 11.6. The van der Waals surface area contributed by atoms with E-state index in [9.17, 15) is 19.5 Å². The van der Waals surface area contributed by atoms with Gasteiger partial charge in [-0.25, -0.2) is 14.6 Å². The Morgan fingerprint density at radius 2 is 2.09 bits per heavy atom. The number of carboxylic acids is 1. The summed E-state index contributed by atoms with van der Waals surface area (Å²) in [6.07, 6.45) is 3.48. The molecule has 4 heterocycles. The van der Waals surface area contributed by atoms with E-state index in [4.69, 9.17) is 9.40 Å². The van der Waals surface area contributed by atoms with Gasteiger partial charge in [0.2, 0.25) is 0 Å². The molecule has 0 radical (unpaired) electrons. The molecule has 178 valence electrons. The van der Waals surface area contributed by atoms with Gasteiger partial charge in [-0.3, -0.25) is 9.78 Å². The smallest absolute Gasteiger partial charge is 0.417 e. The van der Waals surface area contributed by atoms with E-state index in [0.29, 0.717) is 36.3 Å². The maximum atomic E-state index is 13.2. The molecule has 2 amide bonds. The van der Waals surface area contributed by atoms with E-state index in [-0.39, 0.29) is 12.5 Å². The number of nitrogens with zero attached hydrogens (tertiary/aromatic N) is 3. The first-order chi connectivity index (χ1) is 16.5. The molecular formula is C24H27N5O5. The van der Waals surface area contributed by atoms with Crippen LogP contribution < -0.4 is 11.1 Å². The molecule has 2 aliphatic heterocycles. The molecular weight excluding hydrogens is 438 g/mol. The van der Waals surface area contributed by atoms with Crippen molar-refractivity contribution in [1.82, 2.24) is 19.8 Å². The molecule has 5 rings (SSSR count). The largest absolute Gasteiger partial charge is 0.481 e. The summed E-state index contributed by atoms with van der Waals surface area (Å²) in [7, 11) is 0. The highest BCUT2D eigenvalue weighted by atomic mass is 16.4. The Morgan fingerprint density at radius 3 is 2.94 bits per heavy atom. The van der Waals surface area contributed by atoms with Gasteiger partial charge >= 0.3 is 17.8 Å². The van der Waals surface area contributed by atoms with Crippen LogP contribution in [0.4, 0.5) is 10.6 Å². The minimum absolute atomic E-state index is 0.179. The second-order valence-electron chi connectivity index (χ2n) is 8.79. The molecule has 0 saturated carbocycles. The molecule has 1 saturated heterocycles. The van der Waals surface area contributed by atoms with Crippen LogP contribution in [0.1, 0.15) is 42.1 Å². The maximum Gasteiger partial charge on any atom is 0.417 e. The molecule has 1 atom stereocenters. The van der Waals surface area contributed by atoms with Gasteiger partial charge < -0.3 is 24.6 Å². The minimum atomic E-state index is -1.00. The SMILES string of the molecule is O=C(O)CC(c1ccc2[nH]c(=O)oc2c1)N1CCN(CCCc2ccc3c(n2)NCCC3)C1=O. The van der Waals surface area contributed by atoms with Crippen LogP contribution in [0, 0.1) is 0 Å². The summed E-state index contributed by atoms with van der Waals surface area (Å²) in [6, 6.07) is 8.40. The van der Waals surface area contributed by atoms with E-state index in [1.807, 2.05) is 0 Å². The van der Waals surface area contributed by atoms with Crippen molar-refractivity contribution in [3.8, 4) is 0 Å². The number of oxazole rings is 1. The third-order valence-electron chi connectivity index (χ3n) is 6.51. The third kappa shape index (κ3) is 4.48. The van der Waals surface area contributed by atoms with Crippen molar-refractivity contribution in [2.24, 2.45) is 0 Å². The summed E-state index contributed by atoms with van der Waals surface area (Å²) in [5.41, 5.74) is 3.75. The van der Waals surface area contributed by atoms with Crippen LogP contribution in [0.25, 0.3) is 11.1 Å². The lowest BCUT2D eigenvalue weighted by atomic mass is 10.0. The van der Waals surface area contributed by atoms with Gasteiger partial charge in [-0.15, -0.1) is 0 Å². The molecule has 10 nitrogen and oxygen atoms in total. The van der Waals surface area contributed by atoms with Crippen molar-refractivity contribution >= 4 is 28.9 Å². The molecule has 10 heteroatoms. The Morgan fingerprint density at radius 1 is 1.21 bits per heavy atom. The number of aryl methyl sites for hydroxylation is 2. The standard InChI is InChI=1S/C24H27N5O5/c30-21(31)14-19(16-6-8-18-20(13-16)34-23(32)27-18)29-12-11-28(24(29)33)10-2-4-17-7-5-15-3-1-9-25-22(15)26-17/h5-8,13,19H,1-4,9-12,14H2,(H,25,26)(H,27,32)(H,30,31). The summed E-state index contributed by atoms with van der Waals surface area (Å²) in [5, 5.41) is 12.8. The van der Waals surface area contributed by atoms with Crippen LogP contribution in [0.5, 0.6) is 0 Å². The van der Waals surface area contributed by atoms with E-state index in [0.717, 1.165) is 43.7 Å². The number of fused-ring (bicyclic) bond motifs is 2. The normalized spacial score (nSPS) is 16.5. The molecule has 1 unspecified atom stereocenters. The second-order valence-corrected chi connectivity index (χ2v) is 8.79. The quantitative estimate of drug-likeness (QED) is 0.466. The molecule has 3 aromatic rings. The average Bonchev–Trinajstić information content (AvgIpc) is 3.38. The number of aromatic amines is 1. The average molecular weight is 466 g/mol. The fraction of sp³-hybridized carbons (Fsp3) is 0.417. The zero-order valence-electron chi connectivity index (χ0n) is 18.7. The third-order valence-corrected chi connectivity index (χ3v) is 6.51. The molecule has 1 fully saturated rings. The van der Waals surface area contributed by atoms with Crippen LogP contribution in [-0.2, 0) is 17.6 Å². The van der Waals surface area contributed by atoms with Crippen LogP contribution >= 0.6 is 0 Å². The van der Waals surface area contributed by atoms with Crippen LogP contribution in [0.2, 0.25) is 0 Å². The Hall–Kier alpha value is -3.82. The number of amides is 2. The maximum absolute atomic E-state index is 13.2. The van der Waals surface area contributed by atoms with Crippen molar-refractivity contribution in [2.45, 2.75) is 38.1 Å². The number of anilines is 1. The van der Waals surface area contributed by atoms with Gasteiger partial charge in [0, 0.05) is 31.9 Å². The monoisotopic (exact) mass is 465 g/mol. The Labute approximate surface area is 195 Å². The molecule has 3 N–H and O–H groups in total. The number of H-pyrrole nitrogens is 1. The van der Waals surface area contributed by atoms with Crippen molar-refractivity contribution in [3.63, 3.8) is 0 Å². The van der Waals surface area contributed by atoms with E-state index in [2.05, 4.69) is 22.4 Å². The van der Waals surface area contributed by atoms with Crippen molar-refractivity contribution in [2.75, 3.05) is 31.5 Å². The van der Waals surface area contributed by atoms with E-state index in [1.54, 1.807) is 28.0 Å². The van der Waals surface area contributed by atoms with Crippen LogP contribution in [0.15, 0.2) is 39.5 Å². The highest BCUT2D eigenvalue weighted by Gasteiger charge is 2.35. The van der Waals surface area contributed by atoms with E-state index in [1.165, 1.54) is 5.56 Å². The number of urea groups is 1. The van der Waals surface area contributed by atoms with Gasteiger partial charge in [0.05, 0.1) is 18.0 Å². The van der Waals surface area contributed by atoms with Crippen molar-refractivity contribution in [3.05, 3.63) is 57.7 Å². The number of carbonyl (C=O) groups is 2. The molecule has 2 aromatic heterocycles. The Bertz CT molecular complexity index is 1280. The summed E-state index contributed by atoms with van der Waals surface area (Å²) in [5.74, 6) is -0.604. The molecule has 0 bridgehead atoms. The fourth-order valence-corrected chi connectivity index (χ4v) is 4.80. The molecule has 0 spiro atoms. The first-order valence-electron chi connectivity index (χ1n) is 11.6. The highest BCUT2D eigenvalue weighted by molar-refractivity contribution is 5.79. The predicted molar refractivity (Wildman–Crippen MR) is 125 cm³/mol. The second kappa shape index (κ2) is 9.20. The summed E-state index contributed by atoms with van der Waals surface area (Å²) in [4.78, 5) is 46.9. The van der Waals surface area contributed by atoms with Crippen molar-refractivity contribution < 1.29 is 19.1 Å². The highest BCUT2D eigenvalue weighted by Crippen LogP contribution is 2.30. The van der Waals surface area contributed by atoms with Crippen LogP contribution in [0.3, 0.4) is 0 Å². The van der Waals surface area contributed by atoms with Crippen molar-refractivity contribution in [1.29, 1.82) is 0 Å². The van der Waals surface area contributed by atoms with E-state index < -0.39 is 17.8 Å². The molecule has 34 heavy (non-hydrogen) atoms. The number of pyridine rings is 1. The number of hydrogen-bond donors (Lipinski definition) is 3. The van der Waals surface area contributed by atoms with Gasteiger partial charge in [0.1, 0.15) is 5.82 Å². The lowest BCUT2D eigenvalue weighted by Gasteiger charge is -2.27. The number of carbonyl (C=O) groups excluding carboxylic acids is 1. The predicted octanol–water partition coefficient (Wildman–Crippen LogP) is 2.76. The number of aliphatic carboxylic acids is 1. The topological polar surface area (TPSA) is 132 Å². The van der Waals surface area contributed by atoms with Crippen LogP contribution in [-0.4, -0.2) is 63.1 Å². The lowest BCUT2D eigenvalue weighted by molar-refractivity contribution is -0.138. The summed E-state index contributed by atoms with van der Waals surface area (Å²) in [6.45, 7) is 2.50. The number of benzene rings is 1. The van der Waals surface area contributed by atoms with Gasteiger partial charge in [-0.05, 0) is 55.0 Å². The summed E-state index contributed by atoms with van der Waals surface area (Å²) < 4.78 is 5.12. The Kier molecular flexibility index (Phi) is 5.95. The lowest BCUT2D eigenvalue weighted by Crippen LogP contribution is -2.36. The number of aromatic nitrogens is 2. The van der Waals surface area contributed by atoms with Gasteiger partial charge in [-0.1, -0.05) is 12.1 Å². The molecule has 0 aliphatic carbocycles. The number of nitrogens with one attached hydrogen (secondary N) is 2. The molecule has 2 aliphatic rings. The zero-order chi connectivity index (χ0) is 23.7.